The van der Waals surface area contributed by atoms with Crippen molar-refractivity contribution in [3.63, 3.8) is 0 Å². The molecule has 0 aliphatic carbocycles. The first-order valence-corrected chi connectivity index (χ1v) is 3.57. The van der Waals surface area contributed by atoms with E-state index in [1.54, 1.807) is 0 Å². The topological polar surface area (TPSA) is 40.5 Å². The summed E-state index contributed by atoms with van der Waals surface area (Å²) in [6, 6.07) is 0. The molecule has 0 aliphatic rings. The van der Waals surface area contributed by atoms with Crippen LogP contribution in [0.1, 0.15) is 13.3 Å². The third kappa shape index (κ3) is 7.06. The van der Waals surface area contributed by atoms with Crippen molar-refractivity contribution in [1.29, 1.82) is 0 Å². The van der Waals surface area contributed by atoms with E-state index < -0.39 is 5.97 Å². The average molecular weight is 157 g/mol. The molecule has 0 rings (SSSR count). The zero-order valence-electron chi connectivity index (χ0n) is 7.13. The fourth-order valence-corrected chi connectivity index (χ4v) is 0.826. The Morgan fingerprint density at radius 2 is 2.18 bits per heavy atom. The van der Waals surface area contributed by atoms with Gasteiger partial charge in [0.15, 0.2) is 0 Å². The zero-order valence-corrected chi connectivity index (χ0v) is 7.13. The van der Waals surface area contributed by atoms with Gasteiger partial charge in [-0.3, -0.25) is 4.79 Å². The fourth-order valence-electron chi connectivity index (χ4n) is 0.826. The molecule has 0 fully saturated rings. The van der Waals surface area contributed by atoms with E-state index >= 15 is 0 Å². The minimum absolute atomic E-state index is 0.198. The summed E-state index contributed by atoms with van der Waals surface area (Å²) in [5.74, 6) is -0.751. The summed E-state index contributed by atoms with van der Waals surface area (Å²) in [5, 5.41) is 8.35. The summed E-state index contributed by atoms with van der Waals surface area (Å²) in [4.78, 5) is 12.1. The highest BCUT2D eigenvalue weighted by Crippen LogP contribution is 1.93. The van der Waals surface area contributed by atoms with Crippen LogP contribution in [0.2, 0.25) is 0 Å². The lowest BCUT2D eigenvalue weighted by atomic mass is 10.3. The highest BCUT2D eigenvalue weighted by atomic mass is 16.4. The van der Waals surface area contributed by atoms with E-state index in [4.69, 9.17) is 5.11 Å². The van der Waals surface area contributed by atoms with Crippen LogP contribution in [0.15, 0.2) is 12.2 Å². The molecule has 0 amide bonds. The quantitative estimate of drug-likeness (QED) is 0.604. The fraction of sp³-hybridized carbons (Fsp3) is 0.625. The van der Waals surface area contributed by atoms with Crippen LogP contribution >= 0.6 is 0 Å². The molecule has 1 N–H and O–H groups in total. The van der Waals surface area contributed by atoms with Crippen LogP contribution in [-0.4, -0.2) is 36.1 Å². The summed E-state index contributed by atoms with van der Waals surface area (Å²) in [5.41, 5.74) is 1.05. The second-order valence-corrected chi connectivity index (χ2v) is 2.84. The van der Waals surface area contributed by atoms with Crippen LogP contribution in [0, 0.1) is 0 Å². The Hall–Kier alpha value is -0.830. The molecular weight excluding hydrogens is 142 g/mol. The monoisotopic (exact) mass is 157 g/mol. The van der Waals surface area contributed by atoms with Gasteiger partial charge in [0.05, 0.1) is 6.42 Å². The van der Waals surface area contributed by atoms with E-state index in [-0.39, 0.29) is 6.42 Å². The molecule has 0 aromatic carbocycles. The van der Waals surface area contributed by atoms with Gasteiger partial charge in [-0.25, -0.2) is 0 Å². The lowest BCUT2D eigenvalue weighted by Crippen LogP contribution is -2.23. The molecule has 0 saturated heterocycles. The van der Waals surface area contributed by atoms with Gasteiger partial charge in [-0.2, -0.15) is 0 Å². The molecule has 11 heavy (non-hydrogen) atoms. The molecule has 3 nitrogen and oxygen atoms in total. The molecule has 0 aromatic heterocycles. The van der Waals surface area contributed by atoms with Crippen molar-refractivity contribution >= 4 is 5.97 Å². The Morgan fingerprint density at radius 1 is 1.64 bits per heavy atom. The summed E-state index contributed by atoms with van der Waals surface area (Å²) < 4.78 is 0. The second-order valence-electron chi connectivity index (χ2n) is 2.84. The van der Waals surface area contributed by atoms with Crippen molar-refractivity contribution in [1.82, 2.24) is 4.90 Å². The van der Waals surface area contributed by atoms with Gasteiger partial charge in [-0.1, -0.05) is 12.2 Å². The SMILES string of the molecule is C=C(C)CN(C)CCC(=O)O. The molecule has 0 bridgehead atoms. The number of aliphatic carboxylic acids is 1. The summed E-state index contributed by atoms with van der Waals surface area (Å²) in [7, 11) is 1.89. The summed E-state index contributed by atoms with van der Waals surface area (Å²) >= 11 is 0. The second kappa shape index (κ2) is 4.91. The van der Waals surface area contributed by atoms with Gasteiger partial charge >= 0.3 is 5.97 Å². The number of carboxylic acid groups (broad SMARTS) is 1. The summed E-state index contributed by atoms with van der Waals surface area (Å²) in [6.45, 7) is 7.02. The normalized spacial score (nSPS) is 10.1. The first kappa shape index (κ1) is 10.2. The molecule has 0 atom stereocenters. The lowest BCUT2D eigenvalue weighted by molar-refractivity contribution is -0.137. The molecule has 0 aromatic rings. The highest BCUT2D eigenvalue weighted by Gasteiger charge is 2.01. The van der Waals surface area contributed by atoms with Gasteiger partial charge in [0.1, 0.15) is 0 Å². The molecule has 0 aliphatic heterocycles. The van der Waals surface area contributed by atoms with Crippen LogP contribution < -0.4 is 0 Å². The van der Waals surface area contributed by atoms with E-state index in [0.717, 1.165) is 12.1 Å². The van der Waals surface area contributed by atoms with Gasteiger partial charge in [0, 0.05) is 13.1 Å². The number of hydrogen-bond donors (Lipinski definition) is 1. The average Bonchev–Trinajstić information content (AvgIpc) is 1.82. The highest BCUT2D eigenvalue weighted by molar-refractivity contribution is 5.66. The predicted octanol–water partition coefficient (Wildman–Crippen LogP) is 0.969. The van der Waals surface area contributed by atoms with Gasteiger partial charge in [-0.15, -0.1) is 0 Å². The number of nitrogens with zero attached hydrogens (tertiary/aromatic N) is 1. The molecule has 0 spiro atoms. The molecule has 0 unspecified atom stereocenters. The van der Waals surface area contributed by atoms with Gasteiger partial charge < -0.3 is 10.0 Å². The molecule has 0 saturated carbocycles. The van der Waals surface area contributed by atoms with Crippen LogP contribution in [0.25, 0.3) is 0 Å². The minimum Gasteiger partial charge on any atom is -0.481 e. The molecule has 64 valence electrons. The van der Waals surface area contributed by atoms with E-state index in [9.17, 15) is 4.79 Å². The van der Waals surface area contributed by atoms with Crippen molar-refractivity contribution in [2.24, 2.45) is 0 Å². The van der Waals surface area contributed by atoms with Gasteiger partial charge in [0.2, 0.25) is 0 Å². The maximum Gasteiger partial charge on any atom is 0.304 e. The number of carbonyl (C=O) groups is 1. The lowest BCUT2D eigenvalue weighted by Gasteiger charge is -2.14. The number of rotatable bonds is 5. The molecular formula is C8H15NO2. The van der Waals surface area contributed by atoms with Crippen molar-refractivity contribution < 1.29 is 9.90 Å². The Labute approximate surface area is 67.3 Å². The van der Waals surface area contributed by atoms with Crippen molar-refractivity contribution in [3.8, 4) is 0 Å². The molecule has 0 radical (unpaired) electrons. The Bertz CT molecular complexity index is 154. The van der Waals surface area contributed by atoms with Gasteiger partial charge in [0.25, 0.3) is 0 Å². The molecule has 0 heterocycles. The maximum absolute atomic E-state index is 10.1. The zero-order chi connectivity index (χ0) is 8.85. The Morgan fingerprint density at radius 3 is 2.55 bits per heavy atom. The van der Waals surface area contributed by atoms with Crippen LogP contribution in [0.3, 0.4) is 0 Å². The smallest absolute Gasteiger partial charge is 0.304 e. The standard InChI is InChI=1S/C8H15NO2/c1-7(2)6-9(3)5-4-8(10)11/h1,4-6H2,2-3H3,(H,10,11). The van der Waals surface area contributed by atoms with Crippen LogP contribution in [0.4, 0.5) is 0 Å². The van der Waals surface area contributed by atoms with E-state index in [1.807, 2.05) is 18.9 Å². The Kier molecular flexibility index (Phi) is 4.54. The van der Waals surface area contributed by atoms with Gasteiger partial charge in [-0.05, 0) is 14.0 Å². The first-order valence-electron chi connectivity index (χ1n) is 3.57. The largest absolute Gasteiger partial charge is 0.481 e. The van der Waals surface area contributed by atoms with Crippen molar-refractivity contribution in [2.75, 3.05) is 20.1 Å². The van der Waals surface area contributed by atoms with E-state index in [2.05, 4.69) is 6.58 Å². The minimum atomic E-state index is -0.751. The van der Waals surface area contributed by atoms with E-state index in [0.29, 0.717) is 6.54 Å². The maximum atomic E-state index is 10.1. The first-order chi connectivity index (χ1) is 5.02. The molecule has 3 heteroatoms. The van der Waals surface area contributed by atoms with Crippen molar-refractivity contribution in [3.05, 3.63) is 12.2 Å². The van der Waals surface area contributed by atoms with Crippen LogP contribution in [-0.2, 0) is 4.79 Å². The summed E-state index contributed by atoms with van der Waals surface area (Å²) in [6.07, 6.45) is 0.198. The van der Waals surface area contributed by atoms with Crippen LogP contribution in [0.5, 0.6) is 0 Å². The number of carboxylic acids is 1. The third-order valence-electron chi connectivity index (χ3n) is 1.25. The van der Waals surface area contributed by atoms with E-state index in [1.165, 1.54) is 0 Å². The Balaban J connectivity index is 3.44. The number of hydrogen-bond acceptors (Lipinski definition) is 2. The predicted molar refractivity (Wildman–Crippen MR) is 44.6 cm³/mol. The number of likely N-dealkylation sites (N-methyl/N-ethyl adjacent to an activating group) is 1. The third-order valence-corrected chi connectivity index (χ3v) is 1.25. The van der Waals surface area contributed by atoms with Crippen molar-refractivity contribution in [2.45, 2.75) is 13.3 Å².